The van der Waals surface area contributed by atoms with Crippen LogP contribution in [0, 0.1) is 0 Å². The number of anilines is 3. The van der Waals surface area contributed by atoms with Crippen LogP contribution in [0.3, 0.4) is 0 Å². The highest BCUT2D eigenvalue weighted by Crippen LogP contribution is 2.40. The number of fused-ring (bicyclic) bond motifs is 5. The molecule has 9 aromatic rings. The highest BCUT2D eigenvalue weighted by molar-refractivity contribution is 7.25. The molecule has 1 aromatic heterocycles. The van der Waals surface area contributed by atoms with Crippen LogP contribution in [0.2, 0.25) is 0 Å². The highest BCUT2D eigenvalue weighted by Gasteiger charge is 2.15. The summed E-state index contributed by atoms with van der Waals surface area (Å²) in [5.41, 5.74) is 8.27. The second-order valence-corrected chi connectivity index (χ2v) is 12.9. The third-order valence-corrected chi connectivity index (χ3v) is 10.2. The molecule has 0 aliphatic heterocycles. The van der Waals surface area contributed by atoms with E-state index in [0.29, 0.717) is 0 Å². The molecule has 0 fully saturated rings. The van der Waals surface area contributed by atoms with Gasteiger partial charge in [0.1, 0.15) is 0 Å². The first-order chi connectivity index (χ1) is 22.8. The van der Waals surface area contributed by atoms with Crippen LogP contribution in [0.1, 0.15) is 0 Å². The Morgan fingerprint density at radius 2 is 0.783 bits per heavy atom. The molecule has 0 bridgehead atoms. The van der Waals surface area contributed by atoms with Gasteiger partial charge in [0.15, 0.2) is 0 Å². The topological polar surface area (TPSA) is 3.24 Å². The molecule has 0 N–H and O–H groups in total. The fraction of sp³-hybridized carbons (Fsp3) is 0. The van der Waals surface area contributed by atoms with Gasteiger partial charge in [-0.1, -0.05) is 115 Å². The normalized spacial score (nSPS) is 11.5. The quantitative estimate of drug-likeness (QED) is 0.189. The van der Waals surface area contributed by atoms with Gasteiger partial charge in [0, 0.05) is 37.2 Å². The summed E-state index contributed by atoms with van der Waals surface area (Å²) in [4.78, 5) is 2.36. The smallest absolute Gasteiger partial charge is 0.0468 e. The van der Waals surface area contributed by atoms with Crippen LogP contribution in [0.4, 0.5) is 17.1 Å². The van der Waals surface area contributed by atoms with Crippen molar-refractivity contribution < 1.29 is 0 Å². The largest absolute Gasteiger partial charge is 0.310 e. The van der Waals surface area contributed by atoms with Gasteiger partial charge in [0.2, 0.25) is 0 Å². The Morgan fingerprint density at radius 1 is 0.304 bits per heavy atom. The standard InChI is InChI=1S/C44H29NS/c1-3-9-34-27-36(14-13-30(34)7-1)32-15-21-38(22-16-32)45(40-25-19-31-8-2-4-10-35(31)28-40)39-23-17-33(18-24-39)37-20-26-44-42(29-37)41-11-5-6-12-43(41)46-44/h1-29H. The molecule has 8 aromatic carbocycles. The summed E-state index contributed by atoms with van der Waals surface area (Å²) >= 11 is 1.86. The van der Waals surface area contributed by atoms with Crippen LogP contribution < -0.4 is 4.90 Å². The molecule has 0 unspecified atom stereocenters. The van der Waals surface area contributed by atoms with E-state index >= 15 is 0 Å². The minimum absolute atomic E-state index is 1.12. The second kappa shape index (κ2) is 11.0. The lowest BCUT2D eigenvalue weighted by molar-refractivity contribution is 1.29. The van der Waals surface area contributed by atoms with Gasteiger partial charge in [-0.3, -0.25) is 0 Å². The van der Waals surface area contributed by atoms with Crippen LogP contribution in [0.15, 0.2) is 176 Å². The van der Waals surface area contributed by atoms with E-state index in [4.69, 9.17) is 0 Å². The molecule has 9 rings (SSSR count). The molecule has 1 nitrogen and oxygen atoms in total. The number of hydrogen-bond acceptors (Lipinski definition) is 2. The third-order valence-electron chi connectivity index (χ3n) is 9.04. The average molecular weight is 604 g/mol. The number of rotatable bonds is 5. The Kier molecular flexibility index (Phi) is 6.40. The fourth-order valence-corrected chi connectivity index (χ4v) is 7.73. The molecule has 216 valence electrons. The predicted octanol–water partition coefficient (Wildman–Crippen LogP) is 13.2. The van der Waals surface area contributed by atoms with Crippen LogP contribution in [0.25, 0.3) is 64.0 Å². The molecular formula is C44H29NS. The van der Waals surface area contributed by atoms with Crippen molar-refractivity contribution >= 4 is 70.1 Å². The molecule has 0 radical (unpaired) electrons. The number of hydrogen-bond donors (Lipinski definition) is 0. The first-order valence-corrected chi connectivity index (χ1v) is 16.5. The van der Waals surface area contributed by atoms with Gasteiger partial charge in [-0.05, 0) is 104 Å². The van der Waals surface area contributed by atoms with Crippen LogP contribution >= 0.6 is 11.3 Å². The summed E-state index contributed by atoms with van der Waals surface area (Å²) in [5.74, 6) is 0. The Bertz CT molecular complexity index is 2520. The van der Waals surface area contributed by atoms with E-state index in [0.717, 1.165) is 17.1 Å². The molecule has 0 aliphatic rings. The molecule has 0 amide bonds. The Morgan fingerprint density at radius 3 is 1.48 bits per heavy atom. The van der Waals surface area contributed by atoms with Crippen LogP contribution in [-0.4, -0.2) is 0 Å². The summed E-state index contributed by atoms with van der Waals surface area (Å²) in [7, 11) is 0. The monoisotopic (exact) mass is 603 g/mol. The van der Waals surface area contributed by atoms with E-state index < -0.39 is 0 Å². The van der Waals surface area contributed by atoms with E-state index in [2.05, 4.69) is 181 Å². The molecule has 46 heavy (non-hydrogen) atoms. The molecule has 0 atom stereocenters. The Hall–Kier alpha value is -5.70. The van der Waals surface area contributed by atoms with Crippen molar-refractivity contribution in [2.24, 2.45) is 0 Å². The predicted molar refractivity (Wildman–Crippen MR) is 200 cm³/mol. The van der Waals surface area contributed by atoms with E-state index in [1.807, 2.05) is 11.3 Å². The number of thiophene rings is 1. The lowest BCUT2D eigenvalue weighted by atomic mass is 10.0. The molecular weight excluding hydrogens is 575 g/mol. The zero-order valence-electron chi connectivity index (χ0n) is 25.1. The van der Waals surface area contributed by atoms with Gasteiger partial charge in [0.25, 0.3) is 0 Å². The molecule has 0 spiro atoms. The van der Waals surface area contributed by atoms with Gasteiger partial charge in [-0.25, -0.2) is 0 Å². The zero-order chi connectivity index (χ0) is 30.5. The first-order valence-electron chi connectivity index (χ1n) is 15.7. The molecule has 2 heteroatoms. The van der Waals surface area contributed by atoms with E-state index in [9.17, 15) is 0 Å². The van der Waals surface area contributed by atoms with Crippen molar-refractivity contribution in [3.63, 3.8) is 0 Å². The molecule has 0 aliphatic carbocycles. The maximum Gasteiger partial charge on any atom is 0.0468 e. The summed E-state index contributed by atoms with van der Waals surface area (Å²) in [6.45, 7) is 0. The van der Waals surface area contributed by atoms with Gasteiger partial charge in [-0.15, -0.1) is 11.3 Å². The number of nitrogens with zero attached hydrogens (tertiary/aromatic N) is 1. The van der Waals surface area contributed by atoms with Gasteiger partial charge in [-0.2, -0.15) is 0 Å². The zero-order valence-corrected chi connectivity index (χ0v) is 25.9. The second-order valence-electron chi connectivity index (χ2n) is 11.8. The van der Waals surface area contributed by atoms with Crippen molar-refractivity contribution in [1.29, 1.82) is 0 Å². The maximum absolute atomic E-state index is 2.36. The van der Waals surface area contributed by atoms with Crippen molar-refractivity contribution in [2.75, 3.05) is 4.90 Å². The highest BCUT2D eigenvalue weighted by atomic mass is 32.1. The lowest BCUT2D eigenvalue weighted by Crippen LogP contribution is -2.09. The van der Waals surface area contributed by atoms with Crippen molar-refractivity contribution in [3.8, 4) is 22.3 Å². The van der Waals surface area contributed by atoms with Gasteiger partial charge < -0.3 is 4.90 Å². The van der Waals surface area contributed by atoms with E-state index in [1.165, 1.54) is 64.0 Å². The Balaban J connectivity index is 1.11. The minimum atomic E-state index is 1.12. The summed E-state index contributed by atoms with van der Waals surface area (Å²) in [5, 5.41) is 7.64. The molecule has 0 saturated carbocycles. The van der Waals surface area contributed by atoms with Crippen LogP contribution in [0.5, 0.6) is 0 Å². The molecule has 1 heterocycles. The third kappa shape index (κ3) is 4.72. The van der Waals surface area contributed by atoms with Crippen molar-refractivity contribution in [2.45, 2.75) is 0 Å². The van der Waals surface area contributed by atoms with E-state index in [-0.39, 0.29) is 0 Å². The van der Waals surface area contributed by atoms with Gasteiger partial charge >= 0.3 is 0 Å². The summed E-state index contributed by atoms with van der Waals surface area (Å²) in [6.07, 6.45) is 0. The van der Waals surface area contributed by atoms with E-state index in [1.54, 1.807) is 0 Å². The lowest BCUT2D eigenvalue weighted by Gasteiger charge is -2.26. The number of benzene rings is 8. The fourth-order valence-electron chi connectivity index (χ4n) is 6.64. The summed E-state index contributed by atoms with van der Waals surface area (Å²) in [6, 6.07) is 64.0. The first kappa shape index (κ1) is 26.7. The van der Waals surface area contributed by atoms with Crippen LogP contribution in [-0.2, 0) is 0 Å². The Labute approximate surface area is 272 Å². The maximum atomic E-state index is 2.36. The summed E-state index contributed by atoms with van der Waals surface area (Å²) < 4.78 is 2.67. The van der Waals surface area contributed by atoms with Gasteiger partial charge in [0.05, 0.1) is 0 Å². The van der Waals surface area contributed by atoms with Crippen molar-refractivity contribution in [3.05, 3.63) is 176 Å². The average Bonchev–Trinajstić information content (AvgIpc) is 3.50. The van der Waals surface area contributed by atoms with Crippen molar-refractivity contribution in [1.82, 2.24) is 0 Å². The SMILES string of the molecule is c1ccc2cc(-c3ccc(N(c4ccc(-c5ccc6sc7ccccc7c6c5)cc4)c4ccc5ccccc5c4)cc3)ccc2c1. The molecule has 0 saturated heterocycles. The minimum Gasteiger partial charge on any atom is -0.310 e.